The van der Waals surface area contributed by atoms with Crippen molar-refractivity contribution >= 4 is 6.29 Å². The van der Waals surface area contributed by atoms with E-state index in [1.807, 2.05) is 6.92 Å². The van der Waals surface area contributed by atoms with Crippen molar-refractivity contribution < 1.29 is 14.3 Å². The molecule has 1 atom stereocenters. The van der Waals surface area contributed by atoms with Gasteiger partial charge in [0.05, 0.1) is 6.61 Å². The summed E-state index contributed by atoms with van der Waals surface area (Å²) in [5.41, 5.74) is 0.645. The van der Waals surface area contributed by atoms with Crippen molar-refractivity contribution in [3.05, 3.63) is 29.8 Å². The highest BCUT2D eigenvalue weighted by molar-refractivity contribution is 5.74. The van der Waals surface area contributed by atoms with Crippen molar-refractivity contribution in [2.45, 2.75) is 33.0 Å². The van der Waals surface area contributed by atoms with Crippen LogP contribution in [0.2, 0.25) is 0 Å². The molecule has 1 unspecified atom stereocenters. The summed E-state index contributed by atoms with van der Waals surface area (Å²) in [4.78, 5) is 10.4. The van der Waals surface area contributed by atoms with Crippen LogP contribution in [0.3, 0.4) is 0 Å². The zero-order chi connectivity index (χ0) is 11.8. The zero-order valence-corrected chi connectivity index (χ0v) is 9.81. The van der Waals surface area contributed by atoms with E-state index in [2.05, 4.69) is 6.92 Å². The van der Waals surface area contributed by atoms with E-state index in [0.29, 0.717) is 12.2 Å². The average molecular weight is 222 g/mol. The molecule has 0 spiro atoms. The molecule has 1 rings (SSSR count). The molecule has 0 fully saturated rings. The summed E-state index contributed by atoms with van der Waals surface area (Å²) in [6, 6.07) is 6.98. The van der Waals surface area contributed by atoms with Gasteiger partial charge in [0.2, 0.25) is 0 Å². The van der Waals surface area contributed by atoms with Crippen molar-refractivity contribution in [1.82, 2.24) is 0 Å². The zero-order valence-electron chi connectivity index (χ0n) is 9.81. The monoisotopic (exact) mass is 222 g/mol. The second kappa shape index (κ2) is 7.01. The van der Waals surface area contributed by atoms with Crippen molar-refractivity contribution in [3.8, 4) is 5.75 Å². The number of carbonyl (C=O) groups is 1. The van der Waals surface area contributed by atoms with Crippen LogP contribution >= 0.6 is 0 Å². The molecular formula is C13H18O3. The fourth-order valence-electron chi connectivity index (χ4n) is 1.24. The van der Waals surface area contributed by atoms with Crippen LogP contribution in [0.5, 0.6) is 5.75 Å². The van der Waals surface area contributed by atoms with Crippen molar-refractivity contribution in [2.24, 2.45) is 0 Å². The van der Waals surface area contributed by atoms with Gasteiger partial charge in [0.15, 0.2) is 6.29 Å². The van der Waals surface area contributed by atoms with Gasteiger partial charge in [-0.05, 0) is 37.6 Å². The highest BCUT2D eigenvalue weighted by Gasteiger charge is 2.03. The smallest absolute Gasteiger partial charge is 0.196 e. The minimum atomic E-state index is -0.256. The van der Waals surface area contributed by atoms with Gasteiger partial charge >= 0.3 is 0 Å². The van der Waals surface area contributed by atoms with E-state index < -0.39 is 0 Å². The molecule has 0 aliphatic rings. The lowest BCUT2D eigenvalue weighted by Gasteiger charge is -2.15. The predicted octanol–water partition coefficient (Wildman–Crippen LogP) is 3.04. The SMILES string of the molecule is CCCCOC(C)Oc1ccc(C=O)cc1. The van der Waals surface area contributed by atoms with Gasteiger partial charge in [-0.25, -0.2) is 0 Å². The number of unbranched alkanes of at least 4 members (excludes halogenated alkanes) is 1. The van der Waals surface area contributed by atoms with E-state index in [4.69, 9.17) is 9.47 Å². The van der Waals surface area contributed by atoms with E-state index in [1.54, 1.807) is 24.3 Å². The second-order valence-electron chi connectivity index (χ2n) is 3.60. The number of aldehydes is 1. The van der Waals surface area contributed by atoms with Crippen molar-refractivity contribution in [2.75, 3.05) is 6.61 Å². The molecule has 0 aliphatic heterocycles. The molecule has 0 heterocycles. The lowest BCUT2D eigenvalue weighted by atomic mass is 10.2. The Morgan fingerprint density at radius 3 is 2.56 bits per heavy atom. The number of hydrogen-bond donors (Lipinski definition) is 0. The van der Waals surface area contributed by atoms with Crippen molar-refractivity contribution in [3.63, 3.8) is 0 Å². The second-order valence-corrected chi connectivity index (χ2v) is 3.60. The van der Waals surface area contributed by atoms with Crippen LogP contribution in [0.4, 0.5) is 0 Å². The molecule has 0 radical (unpaired) electrons. The number of benzene rings is 1. The predicted molar refractivity (Wildman–Crippen MR) is 62.8 cm³/mol. The Morgan fingerprint density at radius 2 is 2.00 bits per heavy atom. The van der Waals surface area contributed by atoms with Crippen LogP contribution in [0, 0.1) is 0 Å². The molecule has 88 valence electrons. The van der Waals surface area contributed by atoms with Crippen LogP contribution in [-0.2, 0) is 4.74 Å². The highest BCUT2D eigenvalue weighted by Crippen LogP contribution is 2.13. The standard InChI is InChI=1S/C13H18O3/c1-3-4-9-15-11(2)16-13-7-5-12(10-14)6-8-13/h5-8,10-11H,3-4,9H2,1-2H3. The van der Waals surface area contributed by atoms with E-state index in [9.17, 15) is 4.79 Å². The summed E-state index contributed by atoms with van der Waals surface area (Å²) in [5, 5.41) is 0. The molecule has 3 nitrogen and oxygen atoms in total. The normalized spacial score (nSPS) is 12.1. The Balaban J connectivity index is 2.37. The molecule has 1 aromatic rings. The quantitative estimate of drug-likeness (QED) is 0.404. The van der Waals surface area contributed by atoms with Gasteiger partial charge in [-0.15, -0.1) is 0 Å². The van der Waals surface area contributed by atoms with Gasteiger partial charge in [0.1, 0.15) is 12.0 Å². The first-order chi connectivity index (χ1) is 7.76. The molecule has 0 saturated carbocycles. The first-order valence-electron chi connectivity index (χ1n) is 5.59. The van der Waals surface area contributed by atoms with Crippen molar-refractivity contribution in [1.29, 1.82) is 0 Å². The fourth-order valence-corrected chi connectivity index (χ4v) is 1.24. The number of ether oxygens (including phenoxy) is 2. The maximum Gasteiger partial charge on any atom is 0.196 e. The summed E-state index contributed by atoms with van der Waals surface area (Å²) in [6.45, 7) is 4.69. The summed E-state index contributed by atoms with van der Waals surface area (Å²) in [6.07, 6.45) is 2.71. The molecule has 0 aromatic heterocycles. The third kappa shape index (κ3) is 4.45. The first kappa shape index (κ1) is 12.7. The Morgan fingerprint density at radius 1 is 1.31 bits per heavy atom. The minimum Gasteiger partial charge on any atom is -0.465 e. The first-order valence-corrected chi connectivity index (χ1v) is 5.59. The highest BCUT2D eigenvalue weighted by atomic mass is 16.7. The minimum absolute atomic E-state index is 0.256. The topological polar surface area (TPSA) is 35.5 Å². The summed E-state index contributed by atoms with van der Waals surface area (Å²) in [5.74, 6) is 0.717. The Hall–Kier alpha value is -1.35. The lowest BCUT2D eigenvalue weighted by Crippen LogP contribution is -2.16. The molecular weight excluding hydrogens is 204 g/mol. The van der Waals surface area contributed by atoms with Gasteiger partial charge in [-0.1, -0.05) is 13.3 Å². The van der Waals surface area contributed by atoms with Crippen LogP contribution < -0.4 is 4.74 Å². The van der Waals surface area contributed by atoms with Crippen LogP contribution in [0.25, 0.3) is 0 Å². The van der Waals surface area contributed by atoms with Crippen LogP contribution in [-0.4, -0.2) is 19.2 Å². The number of rotatable bonds is 7. The van der Waals surface area contributed by atoms with Crippen LogP contribution in [0.1, 0.15) is 37.0 Å². The van der Waals surface area contributed by atoms with E-state index in [-0.39, 0.29) is 6.29 Å². The van der Waals surface area contributed by atoms with Gasteiger partial charge < -0.3 is 9.47 Å². The van der Waals surface area contributed by atoms with Gasteiger partial charge in [0.25, 0.3) is 0 Å². The fraction of sp³-hybridized carbons (Fsp3) is 0.462. The van der Waals surface area contributed by atoms with Gasteiger partial charge in [-0.2, -0.15) is 0 Å². The molecule has 16 heavy (non-hydrogen) atoms. The lowest BCUT2D eigenvalue weighted by molar-refractivity contribution is -0.0673. The van der Waals surface area contributed by atoms with E-state index in [0.717, 1.165) is 24.9 Å². The maximum absolute atomic E-state index is 10.4. The Kier molecular flexibility index (Phi) is 5.57. The number of hydrogen-bond acceptors (Lipinski definition) is 3. The van der Waals surface area contributed by atoms with Gasteiger partial charge in [-0.3, -0.25) is 4.79 Å². The molecule has 0 aliphatic carbocycles. The van der Waals surface area contributed by atoms with Crippen LogP contribution in [0.15, 0.2) is 24.3 Å². The number of carbonyl (C=O) groups excluding carboxylic acids is 1. The van der Waals surface area contributed by atoms with E-state index >= 15 is 0 Å². The molecule has 0 saturated heterocycles. The molecule has 0 amide bonds. The molecule has 1 aromatic carbocycles. The summed E-state index contributed by atoms with van der Waals surface area (Å²) >= 11 is 0. The maximum atomic E-state index is 10.4. The third-order valence-corrected chi connectivity index (χ3v) is 2.17. The average Bonchev–Trinajstić information content (AvgIpc) is 2.30. The molecule has 0 N–H and O–H groups in total. The molecule has 0 bridgehead atoms. The third-order valence-electron chi connectivity index (χ3n) is 2.17. The van der Waals surface area contributed by atoms with Gasteiger partial charge in [0, 0.05) is 5.56 Å². The van der Waals surface area contributed by atoms with E-state index in [1.165, 1.54) is 0 Å². The molecule has 3 heteroatoms. The Labute approximate surface area is 96.4 Å². The summed E-state index contributed by atoms with van der Waals surface area (Å²) in [7, 11) is 0. The largest absolute Gasteiger partial charge is 0.465 e. The summed E-state index contributed by atoms with van der Waals surface area (Å²) < 4.78 is 11.0. The Bertz CT molecular complexity index is 305.